The highest BCUT2D eigenvalue weighted by Gasteiger charge is 1.93. The van der Waals surface area contributed by atoms with Gasteiger partial charge in [0.15, 0.2) is 0 Å². The zero-order valence-corrected chi connectivity index (χ0v) is 6.21. The van der Waals surface area contributed by atoms with E-state index in [2.05, 4.69) is 6.07 Å². The average Bonchev–Trinajstić information content (AvgIpc) is 1.89. The Balaban J connectivity index is 3.01. The summed E-state index contributed by atoms with van der Waals surface area (Å²) in [6.45, 7) is 0. The normalized spacial score (nSPS) is 9.56. The molecule has 1 radical (unpaired) electrons. The fourth-order valence-corrected chi connectivity index (χ4v) is 1.02. The average molecular weight is 160 g/mol. The second-order valence-electron chi connectivity index (χ2n) is 1.65. The molecule has 0 saturated carbocycles. The number of hydrogen-bond acceptors (Lipinski definition) is 0. The molecule has 0 aliphatic heterocycles. The lowest BCUT2D eigenvalue weighted by molar-refractivity contribution is 1.40. The fourth-order valence-electron chi connectivity index (χ4n) is 0.548. The Bertz CT molecular complexity index is 196. The third-order valence-electron chi connectivity index (χ3n) is 1.03. The molecule has 0 aromatic heterocycles. The van der Waals surface area contributed by atoms with E-state index in [9.17, 15) is 0 Å². The Kier molecular flexibility index (Phi) is 2.38. The summed E-state index contributed by atoms with van der Waals surface area (Å²) >= 11 is 11.2. The first kappa shape index (κ1) is 6.91. The summed E-state index contributed by atoms with van der Waals surface area (Å²) in [5, 5.41) is 0.712. The summed E-state index contributed by atoms with van der Waals surface area (Å²) in [7, 11) is 0. The van der Waals surface area contributed by atoms with Crippen molar-refractivity contribution in [2.24, 2.45) is 0 Å². The number of rotatable bonds is 1. The van der Waals surface area contributed by atoms with Crippen LogP contribution in [0, 0.1) is 6.07 Å². The van der Waals surface area contributed by atoms with E-state index in [0.717, 1.165) is 5.56 Å². The van der Waals surface area contributed by atoms with Crippen molar-refractivity contribution >= 4 is 23.2 Å². The molecule has 0 aliphatic carbocycles. The van der Waals surface area contributed by atoms with Crippen molar-refractivity contribution < 1.29 is 0 Å². The van der Waals surface area contributed by atoms with Gasteiger partial charge < -0.3 is 0 Å². The molecule has 0 bridgehead atoms. The molecule has 1 aromatic rings. The van der Waals surface area contributed by atoms with Gasteiger partial charge in [-0.15, -0.1) is 11.6 Å². The molecule has 0 atom stereocenters. The van der Waals surface area contributed by atoms with Gasteiger partial charge in [-0.05, 0) is 23.8 Å². The highest BCUT2D eigenvalue weighted by atomic mass is 35.5. The van der Waals surface area contributed by atoms with Crippen molar-refractivity contribution in [2.75, 3.05) is 0 Å². The summed E-state index contributed by atoms with van der Waals surface area (Å²) in [6.07, 6.45) is 0. The van der Waals surface area contributed by atoms with Gasteiger partial charge >= 0.3 is 0 Å². The van der Waals surface area contributed by atoms with Crippen molar-refractivity contribution in [1.29, 1.82) is 0 Å². The van der Waals surface area contributed by atoms with Gasteiger partial charge in [-0.1, -0.05) is 17.7 Å². The van der Waals surface area contributed by atoms with Crippen molar-refractivity contribution in [1.82, 2.24) is 0 Å². The molecule has 9 heavy (non-hydrogen) atoms. The van der Waals surface area contributed by atoms with Crippen LogP contribution in [0.25, 0.3) is 0 Å². The van der Waals surface area contributed by atoms with E-state index < -0.39 is 0 Å². The highest BCUT2D eigenvalue weighted by Crippen LogP contribution is 2.15. The van der Waals surface area contributed by atoms with Crippen molar-refractivity contribution in [3.05, 3.63) is 34.9 Å². The molecule has 0 unspecified atom stereocenters. The van der Waals surface area contributed by atoms with Crippen molar-refractivity contribution in [3.8, 4) is 0 Å². The van der Waals surface area contributed by atoms with E-state index in [0.29, 0.717) is 10.9 Å². The maximum Gasteiger partial charge on any atom is 0.0489 e. The molecule has 0 saturated heterocycles. The van der Waals surface area contributed by atoms with Crippen LogP contribution in [-0.2, 0) is 5.88 Å². The molecule has 2 heteroatoms. The Morgan fingerprint density at radius 2 is 2.33 bits per heavy atom. The van der Waals surface area contributed by atoms with Crippen LogP contribution in [0.2, 0.25) is 5.02 Å². The first-order valence-electron chi connectivity index (χ1n) is 2.55. The Labute approximate surface area is 64.4 Å². The number of alkyl halides is 1. The zero-order chi connectivity index (χ0) is 6.69. The van der Waals surface area contributed by atoms with Crippen LogP contribution in [0.1, 0.15) is 5.56 Å². The minimum atomic E-state index is 0.455. The van der Waals surface area contributed by atoms with Crippen molar-refractivity contribution in [3.63, 3.8) is 0 Å². The molecule has 1 aromatic carbocycles. The van der Waals surface area contributed by atoms with E-state index in [4.69, 9.17) is 23.2 Å². The van der Waals surface area contributed by atoms with Gasteiger partial charge in [-0.2, -0.15) is 0 Å². The van der Waals surface area contributed by atoms with Gasteiger partial charge in [0, 0.05) is 10.9 Å². The summed E-state index contributed by atoms with van der Waals surface area (Å²) in [5.74, 6) is 0.455. The summed E-state index contributed by atoms with van der Waals surface area (Å²) in [5.41, 5.74) is 0.931. The maximum atomic E-state index is 5.72. The Hall–Kier alpha value is -0.200. The van der Waals surface area contributed by atoms with Gasteiger partial charge in [-0.25, -0.2) is 0 Å². The van der Waals surface area contributed by atoms with Crippen LogP contribution in [0.15, 0.2) is 18.2 Å². The van der Waals surface area contributed by atoms with Crippen LogP contribution in [0.4, 0.5) is 0 Å². The van der Waals surface area contributed by atoms with Gasteiger partial charge in [0.25, 0.3) is 0 Å². The summed E-state index contributed by atoms with van der Waals surface area (Å²) in [6, 6.07) is 8.21. The summed E-state index contributed by atoms with van der Waals surface area (Å²) < 4.78 is 0. The van der Waals surface area contributed by atoms with Crippen LogP contribution < -0.4 is 0 Å². The lowest BCUT2D eigenvalue weighted by Crippen LogP contribution is -1.76. The molecule has 0 heterocycles. The molecular weight excluding hydrogens is 155 g/mol. The first-order chi connectivity index (χ1) is 4.34. The van der Waals surface area contributed by atoms with E-state index in [1.54, 1.807) is 18.2 Å². The smallest absolute Gasteiger partial charge is 0.0489 e. The van der Waals surface area contributed by atoms with Gasteiger partial charge in [0.1, 0.15) is 0 Å². The molecule has 0 spiro atoms. The second kappa shape index (κ2) is 3.09. The molecule has 0 aliphatic rings. The number of benzene rings is 1. The Morgan fingerprint density at radius 3 is 2.78 bits per heavy atom. The molecule has 0 nitrogen and oxygen atoms in total. The third-order valence-corrected chi connectivity index (χ3v) is 1.69. The monoisotopic (exact) mass is 159 g/mol. The van der Waals surface area contributed by atoms with E-state index in [-0.39, 0.29) is 0 Å². The lowest BCUT2D eigenvalue weighted by Gasteiger charge is -1.94. The quantitative estimate of drug-likeness (QED) is 0.554. The van der Waals surface area contributed by atoms with Gasteiger partial charge in [0.05, 0.1) is 0 Å². The largest absolute Gasteiger partial charge is 0.121 e. The minimum absolute atomic E-state index is 0.455. The number of hydrogen-bond donors (Lipinski definition) is 0. The van der Waals surface area contributed by atoms with E-state index in [1.807, 2.05) is 0 Å². The van der Waals surface area contributed by atoms with Gasteiger partial charge in [-0.3, -0.25) is 0 Å². The van der Waals surface area contributed by atoms with E-state index >= 15 is 0 Å². The van der Waals surface area contributed by atoms with E-state index in [1.165, 1.54) is 0 Å². The molecule has 0 amide bonds. The standard InChI is InChI=1S/C7H5Cl2/c8-5-6-3-1-2-4-7(6)9/h2-4H,5H2. The second-order valence-corrected chi connectivity index (χ2v) is 2.33. The summed E-state index contributed by atoms with van der Waals surface area (Å²) in [4.78, 5) is 0. The first-order valence-corrected chi connectivity index (χ1v) is 3.46. The maximum absolute atomic E-state index is 5.72. The molecule has 1 rings (SSSR count). The molecule has 47 valence electrons. The predicted octanol–water partition coefficient (Wildman–Crippen LogP) is 2.88. The third kappa shape index (κ3) is 1.60. The van der Waals surface area contributed by atoms with Gasteiger partial charge in [0.2, 0.25) is 0 Å². The van der Waals surface area contributed by atoms with Crippen LogP contribution in [-0.4, -0.2) is 0 Å². The van der Waals surface area contributed by atoms with Crippen LogP contribution in [0.3, 0.4) is 0 Å². The topological polar surface area (TPSA) is 0 Å². The van der Waals surface area contributed by atoms with Crippen LogP contribution in [0.5, 0.6) is 0 Å². The predicted molar refractivity (Wildman–Crippen MR) is 39.8 cm³/mol. The Morgan fingerprint density at radius 1 is 1.56 bits per heavy atom. The minimum Gasteiger partial charge on any atom is -0.121 e. The fraction of sp³-hybridized carbons (Fsp3) is 0.143. The SMILES string of the molecule is ClCc1c[c]ccc1Cl. The van der Waals surface area contributed by atoms with Crippen LogP contribution >= 0.6 is 23.2 Å². The highest BCUT2D eigenvalue weighted by molar-refractivity contribution is 6.32. The molecule has 0 N–H and O–H groups in total. The molecule has 0 fully saturated rings. The number of halogens is 2. The molecular formula is C7H5Cl2. The lowest BCUT2D eigenvalue weighted by atomic mass is 10.2. The van der Waals surface area contributed by atoms with Crippen molar-refractivity contribution in [2.45, 2.75) is 5.88 Å². The zero-order valence-electron chi connectivity index (χ0n) is 4.70.